The molecule has 0 bridgehead atoms. The number of amides is 1. The number of anilines is 2. The van der Waals surface area contributed by atoms with Gasteiger partial charge in [-0.25, -0.2) is 15.2 Å². The van der Waals surface area contributed by atoms with Gasteiger partial charge in [-0.2, -0.15) is 0 Å². The summed E-state index contributed by atoms with van der Waals surface area (Å²) >= 11 is 0. The SMILES string of the molecule is N/C=C\N(N)c1ncc(F)c2c(C(=O)C(=O)N3CCN(C4=NCCN4c4ccccc4)CC3)c[nH]c12. The number of para-hydroxylation sites is 1. The maximum absolute atomic E-state index is 14.7. The Bertz CT molecular complexity index is 1350. The van der Waals surface area contributed by atoms with E-state index in [1.165, 1.54) is 23.5 Å². The molecule has 1 amide bonds. The number of pyridine rings is 1. The number of nitrogens with two attached hydrogens (primary N) is 2. The molecule has 0 saturated carbocycles. The van der Waals surface area contributed by atoms with Gasteiger partial charge in [-0.3, -0.25) is 19.6 Å². The van der Waals surface area contributed by atoms with Gasteiger partial charge in [-0.1, -0.05) is 18.2 Å². The number of hydrogen-bond donors (Lipinski definition) is 3. The molecule has 0 aliphatic carbocycles. The van der Waals surface area contributed by atoms with Crippen molar-refractivity contribution < 1.29 is 14.0 Å². The molecule has 12 heteroatoms. The molecular weight excluding hydrogens is 465 g/mol. The number of aromatic nitrogens is 2. The zero-order valence-electron chi connectivity index (χ0n) is 19.5. The van der Waals surface area contributed by atoms with E-state index in [0.29, 0.717) is 32.7 Å². The number of rotatable bonds is 5. The van der Waals surface area contributed by atoms with Crippen LogP contribution in [0.5, 0.6) is 0 Å². The Morgan fingerprint density at radius 1 is 1.11 bits per heavy atom. The number of fused-ring (bicyclic) bond motifs is 1. The summed E-state index contributed by atoms with van der Waals surface area (Å²) in [6.07, 6.45) is 4.79. The lowest BCUT2D eigenvalue weighted by molar-refractivity contribution is -0.127. The summed E-state index contributed by atoms with van der Waals surface area (Å²) < 4.78 is 14.7. The molecule has 2 aromatic heterocycles. The second kappa shape index (κ2) is 9.66. The second-order valence-corrected chi connectivity index (χ2v) is 8.41. The van der Waals surface area contributed by atoms with E-state index in [4.69, 9.17) is 11.6 Å². The molecule has 1 fully saturated rings. The highest BCUT2D eigenvalue weighted by atomic mass is 19.1. The average Bonchev–Trinajstić information content (AvgIpc) is 3.57. The fraction of sp³-hybridized carbons (Fsp3) is 0.250. The Morgan fingerprint density at radius 2 is 1.86 bits per heavy atom. The number of benzene rings is 1. The van der Waals surface area contributed by atoms with E-state index in [-0.39, 0.29) is 22.3 Å². The molecule has 186 valence electrons. The number of nitrogens with one attached hydrogen (secondary N) is 1. The summed E-state index contributed by atoms with van der Waals surface area (Å²) in [6, 6.07) is 10.0. The summed E-state index contributed by atoms with van der Waals surface area (Å²) in [5.41, 5.74) is 6.56. The molecule has 11 nitrogen and oxygen atoms in total. The van der Waals surface area contributed by atoms with Gasteiger partial charge in [0.05, 0.1) is 29.2 Å². The maximum atomic E-state index is 14.7. The Morgan fingerprint density at radius 3 is 2.58 bits per heavy atom. The number of Topliss-reactive ketones (excluding diaryl/α,β-unsaturated/α-hetero) is 1. The molecular formula is C24H26FN9O2. The topological polar surface area (TPSA) is 140 Å². The number of aromatic amines is 1. The summed E-state index contributed by atoms with van der Waals surface area (Å²) in [6.45, 7) is 3.26. The molecule has 1 aromatic carbocycles. The average molecular weight is 492 g/mol. The maximum Gasteiger partial charge on any atom is 0.295 e. The van der Waals surface area contributed by atoms with Crippen molar-refractivity contribution in [3.63, 3.8) is 0 Å². The van der Waals surface area contributed by atoms with Crippen molar-refractivity contribution in [3.8, 4) is 0 Å². The van der Waals surface area contributed by atoms with E-state index in [2.05, 4.69) is 24.8 Å². The largest absolute Gasteiger partial charge is 0.403 e. The van der Waals surface area contributed by atoms with Crippen LogP contribution in [0.25, 0.3) is 10.9 Å². The van der Waals surface area contributed by atoms with Gasteiger partial charge < -0.3 is 25.4 Å². The summed E-state index contributed by atoms with van der Waals surface area (Å²) in [7, 11) is 0. The number of nitrogens with zero attached hydrogens (tertiary/aromatic N) is 6. The van der Waals surface area contributed by atoms with Crippen LogP contribution in [0.2, 0.25) is 0 Å². The third kappa shape index (κ3) is 4.11. The first-order valence-corrected chi connectivity index (χ1v) is 11.5. The smallest absolute Gasteiger partial charge is 0.295 e. The first-order chi connectivity index (χ1) is 17.5. The number of hydrazine groups is 1. The molecule has 2 aliphatic rings. The molecule has 0 unspecified atom stereocenters. The minimum atomic E-state index is -0.798. The number of halogens is 1. The minimum Gasteiger partial charge on any atom is -0.403 e. The van der Waals surface area contributed by atoms with Crippen LogP contribution in [0.1, 0.15) is 10.4 Å². The third-order valence-corrected chi connectivity index (χ3v) is 6.31. The molecule has 1 saturated heterocycles. The van der Waals surface area contributed by atoms with E-state index in [1.54, 1.807) is 0 Å². The molecule has 36 heavy (non-hydrogen) atoms. The van der Waals surface area contributed by atoms with Crippen molar-refractivity contribution in [3.05, 3.63) is 66.5 Å². The predicted molar refractivity (Wildman–Crippen MR) is 135 cm³/mol. The standard InChI is InChI=1S/C24H26FN9O2/c25-18-15-30-22(34(27)8-6-26)20-19(18)17(14-29-20)21(35)23(36)31-10-12-32(13-11-31)24-28-7-9-33(24)16-4-2-1-3-5-16/h1-6,8,14-15,29H,7,9-13,26-27H2/b8-6-. The van der Waals surface area contributed by atoms with Gasteiger partial charge in [0.2, 0.25) is 5.96 Å². The van der Waals surface area contributed by atoms with Crippen molar-refractivity contribution in [2.45, 2.75) is 0 Å². The molecule has 0 atom stereocenters. The lowest BCUT2D eigenvalue weighted by Gasteiger charge is -2.38. The minimum absolute atomic E-state index is 0.0447. The van der Waals surface area contributed by atoms with Crippen LogP contribution in [0.15, 0.2) is 60.1 Å². The highest BCUT2D eigenvalue weighted by molar-refractivity contribution is 6.45. The summed E-state index contributed by atoms with van der Waals surface area (Å²) in [4.78, 5) is 43.4. The molecule has 0 spiro atoms. The monoisotopic (exact) mass is 491 g/mol. The Balaban J connectivity index is 1.30. The van der Waals surface area contributed by atoms with Crippen LogP contribution in [0, 0.1) is 5.82 Å². The number of hydrogen-bond acceptors (Lipinski definition) is 9. The highest BCUT2D eigenvalue weighted by Crippen LogP contribution is 2.28. The Labute approximate surface area is 206 Å². The lowest BCUT2D eigenvalue weighted by atomic mass is 10.1. The normalized spacial score (nSPS) is 16.2. The summed E-state index contributed by atoms with van der Waals surface area (Å²) in [5.74, 6) is 4.69. The lowest BCUT2D eigenvalue weighted by Crippen LogP contribution is -2.54. The molecule has 2 aliphatic heterocycles. The Kier molecular flexibility index (Phi) is 6.25. The number of ketones is 1. The van der Waals surface area contributed by atoms with Crippen molar-refractivity contribution >= 4 is 40.1 Å². The number of carbonyl (C=O) groups excluding carboxylic acids is 2. The van der Waals surface area contributed by atoms with Gasteiger partial charge in [-0.05, 0) is 12.1 Å². The molecule has 0 radical (unpaired) electrons. The zero-order chi connectivity index (χ0) is 25.2. The zero-order valence-corrected chi connectivity index (χ0v) is 19.5. The van der Waals surface area contributed by atoms with E-state index < -0.39 is 17.5 Å². The predicted octanol–water partition coefficient (Wildman–Crippen LogP) is 1.02. The molecule has 5 N–H and O–H groups in total. The van der Waals surface area contributed by atoms with E-state index in [1.807, 2.05) is 30.3 Å². The van der Waals surface area contributed by atoms with Crippen LogP contribution in [0.3, 0.4) is 0 Å². The van der Waals surface area contributed by atoms with Crippen molar-refractivity contribution in [1.82, 2.24) is 19.8 Å². The van der Waals surface area contributed by atoms with Crippen molar-refractivity contribution in [2.24, 2.45) is 16.6 Å². The van der Waals surface area contributed by atoms with Crippen LogP contribution in [-0.2, 0) is 4.79 Å². The molecule has 5 rings (SSSR count). The third-order valence-electron chi connectivity index (χ3n) is 6.31. The van der Waals surface area contributed by atoms with Gasteiger partial charge in [0.25, 0.3) is 11.7 Å². The highest BCUT2D eigenvalue weighted by Gasteiger charge is 2.32. The van der Waals surface area contributed by atoms with Crippen LogP contribution in [0.4, 0.5) is 15.9 Å². The number of H-pyrrole nitrogens is 1. The fourth-order valence-electron chi connectivity index (χ4n) is 4.56. The number of carbonyl (C=O) groups is 2. The molecule has 4 heterocycles. The van der Waals surface area contributed by atoms with Gasteiger partial charge in [0.1, 0.15) is 0 Å². The molecule has 3 aromatic rings. The van der Waals surface area contributed by atoms with Crippen molar-refractivity contribution in [1.29, 1.82) is 0 Å². The van der Waals surface area contributed by atoms with Crippen LogP contribution < -0.4 is 21.5 Å². The van der Waals surface area contributed by atoms with Gasteiger partial charge in [-0.15, -0.1) is 0 Å². The van der Waals surface area contributed by atoms with Gasteiger partial charge in [0, 0.05) is 57.0 Å². The summed E-state index contributed by atoms with van der Waals surface area (Å²) in [5, 5.41) is 1.05. The van der Waals surface area contributed by atoms with Crippen LogP contribution in [-0.4, -0.2) is 76.7 Å². The van der Waals surface area contributed by atoms with E-state index in [0.717, 1.165) is 29.4 Å². The van der Waals surface area contributed by atoms with Crippen LogP contribution >= 0.6 is 0 Å². The fourth-order valence-corrected chi connectivity index (χ4v) is 4.56. The van der Waals surface area contributed by atoms with Crippen molar-refractivity contribution in [2.75, 3.05) is 49.2 Å². The second-order valence-electron chi connectivity index (χ2n) is 8.41. The quantitative estimate of drug-likeness (QED) is 0.208. The first-order valence-electron chi connectivity index (χ1n) is 11.5. The van der Waals surface area contributed by atoms with Gasteiger partial charge >= 0.3 is 0 Å². The number of piperazine rings is 1. The van der Waals surface area contributed by atoms with E-state index >= 15 is 0 Å². The Hall–Kier alpha value is -4.45. The first kappa shape index (κ1) is 23.3. The number of guanidine groups is 1. The van der Waals surface area contributed by atoms with Gasteiger partial charge in [0.15, 0.2) is 11.6 Å². The van der Waals surface area contributed by atoms with E-state index in [9.17, 15) is 14.0 Å². The number of aliphatic imine (C=N–C) groups is 1.